The summed E-state index contributed by atoms with van der Waals surface area (Å²) in [4.78, 5) is 45.9. The maximum Gasteiger partial charge on any atom is 0.312 e. The van der Waals surface area contributed by atoms with Gasteiger partial charge in [-0.05, 0) is 63.5 Å². The molecule has 1 N–H and O–H groups in total. The van der Waals surface area contributed by atoms with Crippen molar-refractivity contribution in [3.63, 3.8) is 0 Å². The van der Waals surface area contributed by atoms with Gasteiger partial charge in [0.2, 0.25) is 5.91 Å². The zero-order chi connectivity index (χ0) is 30.3. The van der Waals surface area contributed by atoms with Crippen molar-refractivity contribution < 1.29 is 29.0 Å². The molecule has 3 saturated heterocycles. The molecule has 2 amide bonds. The van der Waals surface area contributed by atoms with Gasteiger partial charge in [0.05, 0.1) is 28.8 Å². The Balaban J connectivity index is 1.70. The largest absolute Gasteiger partial charge is 0.465 e. The van der Waals surface area contributed by atoms with Gasteiger partial charge in [-0.25, -0.2) is 0 Å². The number of aliphatic hydroxyl groups is 1. The first-order valence-corrected chi connectivity index (χ1v) is 15.8. The zero-order valence-corrected chi connectivity index (χ0v) is 25.5. The monoisotopic (exact) mass is 600 g/mol. The third-order valence-electron chi connectivity index (χ3n) is 9.24. The summed E-state index contributed by atoms with van der Waals surface area (Å²) in [6, 6.07) is 6.21. The van der Waals surface area contributed by atoms with Gasteiger partial charge in [0, 0.05) is 19.7 Å². The molecule has 0 aliphatic carbocycles. The molecule has 2 unspecified atom stereocenters. The molecule has 5 atom stereocenters. The van der Waals surface area contributed by atoms with E-state index < -0.39 is 35.0 Å². The lowest BCUT2D eigenvalue weighted by molar-refractivity contribution is -0.161. The van der Waals surface area contributed by atoms with Crippen molar-refractivity contribution in [2.24, 2.45) is 11.8 Å². The minimum atomic E-state index is -1.14. The predicted octanol–water partition coefficient (Wildman–Crippen LogP) is 5.47. The van der Waals surface area contributed by atoms with Crippen LogP contribution in [0.15, 0.2) is 49.6 Å². The number of hydrogen-bond donors (Lipinski definition) is 1. The van der Waals surface area contributed by atoms with E-state index in [2.05, 4.69) is 13.2 Å². The Morgan fingerprint density at radius 2 is 1.90 bits per heavy atom. The fraction of sp³-hybridized carbons (Fsp3) is 0.606. The lowest BCUT2D eigenvalue weighted by Gasteiger charge is -2.37. The molecule has 230 valence electrons. The van der Waals surface area contributed by atoms with Gasteiger partial charge in [0.1, 0.15) is 17.6 Å². The molecule has 9 heteroatoms. The molecule has 0 saturated carbocycles. The van der Waals surface area contributed by atoms with Gasteiger partial charge in [0.25, 0.3) is 5.91 Å². The van der Waals surface area contributed by atoms with Gasteiger partial charge < -0.3 is 24.4 Å². The molecular formula is C33H45ClN2O6. The lowest BCUT2D eigenvalue weighted by atomic mass is 9.65. The smallest absolute Gasteiger partial charge is 0.312 e. The number of amides is 2. The molecular weight excluding hydrogens is 556 g/mol. The van der Waals surface area contributed by atoms with Crippen LogP contribution in [0.5, 0.6) is 0 Å². The van der Waals surface area contributed by atoms with Crippen LogP contribution in [0.2, 0.25) is 5.02 Å². The molecule has 1 aromatic carbocycles. The fourth-order valence-corrected chi connectivity index (χ4v) is 7.49. The van der Waals surface area contributed by atoms with Crippen LogP contribution in [-0.4, -0.2) is 71.3 Å². The first kappa shape index (κ1) is 32.2. The molecule has 3 fully saturated rings. The van der Waals surface area contributed by atoms with Gasteiger partial charge >= 0.3 is 5.97 Å². The number of allylic oxidation sites excluding steroid dienone is 1. The summed E-state index contributed by atoms with van der Waals surface area (Å²) in [5.41, 5.74) is -1.45. The highest BCUT2D eigenvalue weighted by Gasteiger charge is 2.79. The highest BCUT2D eigenvalue weighted by Crippen LogP contribution is 2.64. The second kappa shape index (κ2) is 14.2. The Morgan fingerprint density at radius 1 is 1.14 bits per heavy atom. The van der Waals surface area contributed by atoms with Crippen LogP contribution in [0.4, 0.5) is 5.69 Å². The lowest BCUT2D eigenvalue weighted by Crippen LogP contribution is -2.56. The Bertz CT molecular complexity index is 1160. The standard InChI is InChI=1S/C33H45ClN2O6/c1-4-7-8-15-23-41-31(40)27-26-29(38)36(21-13-9-10-14-22-37)28(33(26)19-18-32(27,6-3)42-33)30(39)35(20-5-2)25-17-12-11-16-24(25)34/h4-5,11-12,16-17,26-28,37H,1-2,6-10,13-15,18-23H2,3H3/t26-,27-,28?,32+,33?/m0/s1. The highest BCUT2D eigenvalue weighted by molar-refractivity contribution is 6.34. The number of anilines is 1. The average molecular weight is 601 g/mol. The first-order valence-electron chi connectivity index (χ1n) is 15.4. The van der Waals surface area contributed by atoms with E-state index in [4.69, 9.17) is 21.1 Å². The first-order chi connectivity index (χ1) is 20.3. The van der Waals surface area contributed by atoms with Crippen LogP contribution in [0, 0.1) is 11.8 Å². The van der Waals surface area contributed by atoms with Crippen LogP contribution >= 0.6 is 11.6 Å². The van der Waals surface area contributed by atoms with Crippen molar-refractivity contribution >= 4 is 35.1 Å². The summed E-state index contributed by atoms with van der Waals surface area (Å²) in [5.74, 6) is -2.50. The number of esters is 1. The van der Waals surface area contributed by atoms with Crippen molar-refractivity contribution in [3.8, 4) is 0 Å². The third kappa shape index (κ3) is 5.90. The molecule has 4 rings (SSSR count). The number of unbranched alkanes of at least 4 members (excludes halogenated alkanes) is 5. The number of likely N-dealkylation sites (tertiary alicyclic amines) is 1. The van der Waals surface area contributed by atoms with Crippen molar-refractivity contribution in [1.29, 1.82) is 0 Å². The second-order valence-electron chi connectivity index (χ2n) is 11.6. The molecule has 3 aliphatic heterocycles. The summed E-state index contributed by atoms with van der Waals surface area (Å²) in [6.07, 6.45) is 10.5. The number of rotatable bonds is 17. The van der Waals surface area contributed by atoms with Gasteiger partial charge in [-0.1, -0.05) is 55.7 Å². The summed E-state index contributed by atoms with van der Waals surface area (Å²) < 4.78 is 12.6. The molecule has 8 nitrogen and oxygen atoms in total. The van der Waals surface area contributed by atoms with E-state index in [0.717, 1.165) is 25.7 Å². The van der Waals surface area contributed by atoms with Crippen LogP contribution in [-0.2, 0) is 23.9 Å². The van der Waals surface area contributed by atoms with E-state index in [9.17, 15) is 19.5 Å². The number of carbonyl (C=O) groups excluding carboxylic acids is 3. The molecule has 3 aliphatic rings. The number of para-hydroxylation sites is 1. The molecule has 42 heavy (non-hydrogen) atoms. The van der Waals surface area contributed by atoms with E-state index in [0.29, 0.717) is 55.8 Å². The molecule has 3 heterocycles. The van der Waals surface area contributed by atoms with Crippen molar-refractivity contribution in [2.75, 3.05) is 31.2 Å². The van der Waals surface area contributed by atoms with Gasteiger partial charge in [0.15, 0.2) is 0 Å². The van der Waals surface area contributed by atoms with Gasteiger partial charge in [-0.3, -0.25) is 14.4 Å². The Morgan fingerprint density at radius 3 is 2.60 bits per heavy atom. The fourth-order valence-electron chi connectivity index (χ4n) is 7.25. The summed E-state index contributed by atoms with van der Waals surface area (Å²) >= 11 is 6.55. The van der Waals surface area contributed by atoms with Crippen LogP contribution in [0.1, 0.15) is 71.1 Å². The molecule has 0 aromatic heterocycles. The van der Waals surface area contributed by atoms with Crippen molar-refractivity contribution in [2.45, 2.75) is 88.4 Å². The number of aliphatic hydroxyl groups excluding tert-OH is 1. The Hall–Kier alpha value is -2.68. The highest BCUT2D eigenvalue weighted by atomic mass is 35.5. The quantitative estimate of drug-likeness (QED) is 0.145. The number of halogens is 1. The maximum absolute atomic E-state index is 14.6. The SMILES string of the molecule is C=CCCCCOC(=O)[C@@H]1[C@H]2C(=O)N(CCCCCCO)C(C(=O)N(CC=C)c3ccccc3Cl)C23CC[C@@]1(CC)O3. The van der Waals surface area contributed by atoms with E-state index in [1.165, 1.54) is 0 Å². The summed E-state index contributed by atoms with van der Waals surface area (Å²) in [7, 11) is 0. The number of nitrogens with zero attached hydrogens (tertiary/aromatic N) is 2. The molecule has 1 spiro atoms. The minimum absolute atomic E-state index is 0.119. The van der Waals surface area contributed by atoms with Crippen LogP contribution in [0.25, 0.3) is 0 Å². The van der Waals surface area contributed by atoms with Gasteiger partial charge in [-0.2, -0.15) is 0 Å². The maximum atomic E-state index is 14.6. The van der Waals surface area contributed by atoms with Crippen LogP contribution in [0.3, 0.4) is 0 Å². The van der Waals surface area contributed by atoms with Crippen molar-refractivity contribution in [3.05, 3.63) is 54.6 Å². The minimum Gasteiger partial charge on any atom is -0.465 e. The van der Waals surface area contributed by atoms with E-state index in [1.54, 1.807) is 34.1 Å². The average Bonchev–Trinajstić information content (AvgIpc) is 3.59. The normalized spacial score (nSPS) is 27.6. The number of benzene rings is 1. The van der Waals surface area contributed by atoms with Crippen LogP contribution < -0.4 is 4.90 Å². The zero-order valence-electron chi connectivity index (χ0n) is 24.8. The number of carbonyl (C=O) groups is 3. The molecule has 0 radical (unpaired) electrons. The van der Waals surface area contributed by atoms with E-state index >= 15 is 0 Å². The molecule has 2 bridgehead atoms. The molecule has 1 aromatic rings. The van der Waals surface area contributed by atoms with E-state index in [-0.39, 0.29) is 31.6 Å². The third-order valence-corrected chi connectivity index (χ3v) is 9.56. The predicted molar refractivity (Wildman–Crippen MR) is 163 cm³/mol. The Kier molecular flexibility index (Phi) is 10.9. The topological polar surface area (TPSA) is 96.4 Å². The second-order valence-corrected chi connectivity index (χ2v) is 12.1. The number of fused-ring (bicyclic) bond motifs is 1. The Labute approximate surface area is 254 Å². The summed E-state index contributed by atoms with van der Waals surface area (Å²) in [6.45, 7) is 10.5. The van der Waals surface area contributed by atoms with Crippen molar-refractivity contribution in [1.82, 2.24) is 4.90 Å². The number of hydrogen-bond acceptors (Lipinski definition) is 6. The van der Waals surface area contributed by atoms with E-state index in [1.807, 2.05) is 19.1 Å². The summed E-state index contributed by atoms with van der Waals surface area (Å²) in [5, 5.41) is 9.61. The number of ether oxygens (including phenoxy) is 2. The van der Waals surface area contributed by atoms with Gasteiger partial charge in [-0.15, -0.1) is 13.2 Å².